The summed E-state index contributed by atoms with van der Waals surface area (Å²) in [6.07, 6.45) is 9.67. The van der Waals surface area contributed by atoms with Gasteiger partial charge in [0.2, 0.25) is 0 Å². The fourth-order valence-electron chi connectivity index (χ4n) is 4.22. The first-order valence-corrected chi connectivity index (χ1v) is 11.6. The highest BCUT2D eigenvalue weighted by Gasteiger charge is 2.20. The number of pyridine rings is 1. The van der Waals surface area contributed by atoms with E-state index in [1.165, 1.54) is 43.4 Å². The van der Waals surface area contributed by atoms with Crippen LogP contribution in [0.1, 0.15) is 44.6 Å². The number of fused-ring (bicyclic) bond motifs is 1. The van der Waals surface area contributed by atoms with E-state index in [0.29, 0.717) is 18.2 Å². The van der Waals surface area contributed by atoms with E-state index in [4.69, 9.17) is 4.74 Å². The monoisotopic (exact) mass is 423 g/mol. The second kappa shape index (κ2) is 10.0. The van der Waals surface area contributed by atoms with Crippen LogP contribution in [-0.4, -0.2) is 17.6 Å². The molecule has 2 N–H and O–H groups in total. The lowest BCUT2D eigenvalue weighted by Crippen LogP contribution is -2.27. The van der Waals surface area contributed by atoms with Crippen LogP contribution < -0.4 is 15.4 Å². The SMILES string of the molecule is CC(CNCc1ccncc1OC(=O)Nc1cc2ccccc2s1)C1CCCCC1. The Labute approximate surface area is 181 Å². The number of nitrogens with zero attached hydrogens (tertiary/aromatic N) is 1. The number of ether oxygens (including phenoxy) is 1. The summed E-state index contributed by atoms with van der Waals surface area (Å²) in [6.45, 7) is 3.97. The Morgan fingerprint density at radius 3 is 2.90 bits per heavy atom. The van der Waals surface area contributed by atoms with Gasteiger partial charge in [-0.3, -0.25) is 10.3 Å². The lowest BCUT2D eigenvalue weighted by molar-refractivity contribution is 0.214. The Morgan fingerprint density at radius 2 is 2.07 bits per heavy atom. The molecule has 0 radical (unpaired) electrons. The molecule has 1 atom stereocenters. The number of benzene rings is 1. The fraction of sp³-hybridized carbons (Fsp3) is 0.417. The minimum absolute atomic E-state index is 0.494. The quantitative estimate of drug-likeness (QED) is 0.474. The van der Waals surface area contributed by atoms with Gasteiger partial charge in [-0.05, 0) is 42.0 Å². The van der Waals surface area contributed by atoms with Crippen LogP contribution in [0.4, 0.5) is 9.80 Å². The van der Waals surface area contributed by atoms with Crippen LogP contribution in [0.2, 0.25) is 0 Å². The van der Waals surface area contributed by atoms with Crippen molar-refractivity contribution in [2.24, 2.45) is 11.8 Å². The molecule has 0 spiro atoms. The zero-order chi connectivity index (χ0) is 20.8. The van der Waals surface area contributed by atoms with E-state index in [1.807, 2.05) is 36.4 Å². The zero-order valence-corrected chi connectivity index (χ0v) is 18.2. The molecule has 1 aliphatic carbocycles. The van der Waals surface area contributed by atoms with Crippen LogP contribution in [0, 0.1) is 11.8 Å². The van der Waals surface area contributed by atoms with Gasteiger partial charge in [0.15, 0.2) is 5.75 Å². The molecular weight excluding hydrogens is 394 g/mol. The van der Waals surface area contributed by atoms with Crippen molar-refractivity contribution in [1.82, 2.24) is 10.3 Å². The van der Waals surface area contributed by atoms with E-state index >= 15 is 0 Å². The predicted molar refractivity (Wildman–Crippen MR) is 123 cm³/mol. The van der Waals surface area contributed by atoms with Crippen molar-refractivity contribution in [2.75, 3.05) is 11.9 Å². The highest BCUT2D eigenvalue weighted by Crippen LogP contribution is 2.30. The first-order chi connectivity index (χ1) is 14.7. The molecule has 1 unspecified atom stereocenters. The van der Waals surface area contributed by atoms with Crippen LogP contribution in [0.15, 0.2) is 48.8 Å². The van der Waals surface area contributed by atoms with Crippen molar-refractivity contribution in [3.8, 4) is 5.75 Å². The molecule has 1 aliphatic rings. The van der Waals surface area contributed by atoms with E-state index < -0.39 is 6.09 Å². The molecule has 1 aromatic carbocycles. The van der Waals surface area contributed by atoms with Crippen molar-refractivity contribution in [1.29, 1.82) is 0 Å². The summed E-state index contributed by atoms with van der Waals surface area (Å²) in [6, 6.07) is 11.9. The maximum absolute atomic E-state index is 12.4. The van der Waals surface area contributed by atoms with Gasteiger partial charge in [0.25, 0.3) is 0 Å². The fourth-order valence-corrected chi connectivity index (χ4v) is 5.17. The number of carbonyl (C=O) groups excluding carboxylic acids is 1. The highest BCUT2D eigenvalue weighted by molar-refractivity contribution is 7.22. The second-order valence-corrected chi connectivity index (χ2v) is 9.24. The third-order valence-electron chi connectivity index (χ3n) is 5.96. The summed E-state index contributed by atoms with van der Waals surface area (Å²) in [5.41, 5.74) is 0.937. The standard InChI is InChI=1S/C24H29N3O2S/c1-17(18-7-3-2-4-8-18)14-26-15-20-11-12-25-16-21(20)29-24(28)27-23-13-19-9-5-6-10-22(19)30-23/h5-6,9-13,16-18,26H,2-4,7-8,14-15H2,1H3,(H,27,28). The molecule has 1 amide bonds. The number of hydrogen-bond acceptors (Lipinski definition) is 5. The number of amides is 1. The number of nitrogens with one attached hydrogen (secondary N) is 2. The Hall–Kier alpha value is -2.44. The number of rotatable bonds is 7. The Kier molecular flexibility index (Phi) is 6.97. The molecule has 6 heteroatoms. The Morgan fingerprint density at radius 1 is 1.23 bits per heavy atom. The van der Waals surface area contributed by atoms with Gasteiger partial charge in [0, 0.05) is 23.0 Å². The minimum atomic E-state index is -0.494. The van der Waals surface area contributed by atoms with Crippen molar-refractivity contribution in [3.05, 3.63) is 54.4 Å². The molecule has 0 bridgehead atoms. The summed E-state index contributed by atoms with van der Waals surface area (Å²) in [4.78, 5) is 16.6. The lowest BCUT2D eigenvalue weighted by Gasteiger charge is -2.27. The number of thiophene rings is 1. The molecule has 0 aliphatic heterocycles. The number of aromatic nitrogens is 1. The lowest BCUT2D eigenvalue weighted by atomic mass is 9.81. The molecule has 5 nitrogen and oxygen atoms in total. The molecular formula is C24H29N3O2S. The molecule has 4 rings (SSSR count). The smallest absolute Gasteiger partial charge is 0.408 e. The van der Waals surface area contributed by atoms with Crippen molar-refractivity contribution in [3.63, 3.8) is 0 Å². The topological polar surface area (TPSA) is 63.3 Å². The Balaban J connectivity index is 1.31. The summed E-state index contributed by atoms with van der Waals surface area (Å²) in [7, 11) is 0. The van der Waals surface area contributed by atoms with Crippen LogP contribution in [-0.2, 0) is 6.54 Å². The predicted octanol–water partition coefficient (Wildman–Crippen LogP) is 6.21. The van der Waals surface area contributed by atoms with Crippen molar-refractivity contribution < 1.29 is 9.53 Å². The first kappa shape index (κ1) is 20.8. The molecule has 2 aromatic heterocycles. The average Bonchev–Trinajstić information content (AvgIpc) is 3.17. The van der Waals surface area contributed by atoms with Gasteiger partial charge in [0.05, 0.1) is 11.2 Å². The second-order valence-electron chi connectivity index (χ2n) is 8.15. The Bertz CT molecular complexity index is 948. The maximum Gasteiger partial charge on any atom is 0.417 e. The average molecular weight is 424 g/mol. The molecule has 1 fully saturated rings. The summed E-state index contributed by atoms with van der Waals surface area (Å²) in [5, 5.41) is 8.25. The van der Waals surface area contributed by atoms with E-state index in [1.54, 1.807) is 12.4 Å². The number of carbonyl (C=O) groups is 1. The molecule has 158 valence electrons. The summed E-state index contributed by atoms with van der Waals surface area (Å²) >= 11 is 1.53. The van der Waals surface area contributed by atoms with E-state index in [-0.39, 0.29) is 0 Å². The van der Waals surface area contributed by atoms with Gasteiger partial charge in [-0.2, -0.15) is 0 Å². The first-order valence-electron chi connectivity index (χ1n) is 10.8. The van der Waals surface area contributed by atoms with Gasteiger partial charge in [-0.25, -0.2) is 4.79 Å². The van der Waals surface area contributed by atoms with Crippen molar-refractivity contribution >= 4 is 32.5 Å². The zero-order valence-electron chi connectivity index (χ0n) is 17.4. The van der Waals surface area contributed by atoms with E-state index in [2.05, 4.69) is 22.5 Å². The number of hydrogen-bond donors (Lipinski definition) is 2. The third kappa shape index (κ3) is 5.37. The van der Waals surface area contributed by atoms with Crippen LogP contribution in [0.25, 0.3) is 10.1 Å². The van der Waals surface area contributed by atoms with E-state index in [9.17, 15) is 4.79 Å². The van der Waals surface area contributed by atoms with Crippen LogP contribution in [0.5, 0.6) is 5.75 Å². The van der Waals surface area contributed by atoms with Gasteiger partial charge in [-0.15, -0.1) is 11.3 Å². The summed E-state index contributed by atoms with van der Waals surface area (Å²) < 4.78 is 6.70. The van der Waals surface area contributed by atoms with Gasteiger partial charge in [0.1, 0.15) is 0 Å². The van der Waals surface area contributed by atoms with Crippen LogP contribution >= 0.6 is 11.3 Å². The summed E-state index contributed by atoms with van der Waals surface area (Å²) in [5.74, 6) is 1.98. The van der Waals surface area contributed by atoms with Crippen molar-refractivity contribution in [2.45, 2.75) is 45.6 Å². The van der Waals surface area contributed by atoms with Gasteiger partial charge in [-0.1, -0.05) is 57.2 Å². The molecule has 30 heavy (non-hydrogen) atoms. The maximum atomic E-state index is 12.4. The largest absolute Gasteiger partial charge is 0.417 e. The van der Waals surface area contributed by atoms with Gasteiger partial charge >= 0.3 is 6.09 Å². The minimum Gasteiger partial charge on any atom is -0.408 e. The molecule has 2 heterocycles. The molecule has 3 aromatic rings. The molecule has 1 saturated carbocycles. The third-order valence-corrected chi connectivity index (χ3v) is 6.99. The molecule has 0 saturated heterocycles. The highest BCUT2D eigenvalue weighted by atomic mass is 32.1. The number of anilines is 1. The van der Waals surface area contributed by atoms with Gasteiger partial charge < -0.3 is 10.1 Å². The normalized spacial score (nSPS) is 15.8. The van der Waals surface area contributed by atoms with E-state index in [0.717, 1.165) is 33.1 Å². The van der Waals surface area contributed by atoms with Crippen LogP contribution in [0.3, 0.4) is 0 Å².